The molecule has 1 aliphatic rings. The zero-order valence-electron chi connectivity index (χ0n) is 9.73. The number of rotatable bonds is 4. The van der Waals surface area contributed by atoms with Crippen LogP contribution >= 0.6 is 0 Å². The highest BCUT2D eigenvalue weighted by Gasteiger charge is 2.21. The number of aliphatic carboxylic acids is 1. The molecule has 4 heteroatoms. The molecule has 1 aliphatic heterocycles. The Balaban J connectivity index is 2.18. The van der Waals surface area contributed by atoms with Gasteiger partial charge in [-0.15, -0.1) is 0 Å². The van der Waals surface area contributed by atoms with Crippen LogP contribution < -0.4 is 11.1 Å². The van der Waals surface area contributed by atoms with Crippen LogP contribution in [0.5, 0.6) is 0 Å². The molecular formula is C13H18N2O2. The molecule has 2 unspecified atom stereocenters. The van der Waals surface area contributed by atoms with Crippen molar-refractivity contribution >= 4 is 5.97 Å². The molecule has 0 radical (unpaired) electrons. The highest BCUT2D eigenvalue weighted by Crippen LogP contribution is 2.26. The number of carboxylic acid groups (broad SMARTS) is 1. The lowest BCUT2D eigenvalue weighted by Gasteiger charge is -2.17. The fourth-order valence-electron chi connectivity index (χ4n) is 2.33. The smallest absolute Gasteiger partial charge is 0.320 e. The van der Waals surface area contributed by atoms with Gasteiger partial charge in [-0.2, -0.15) is 0 Å². The first-order valence-corrected chi connectivity index (χ1v) is 5.98. The number of nitrogens with two attached hydrogens (primary N) is 1. The van der Waals surface area contributed by atoms with Crippen molar-refractivity contribution in [3.05, 3.63) is 35.4 Å². The van der Waals surface area contributed by atoms with E-state index in [-0.39, 0.29) is 0 Å². The summed E-state index contributed by atoms with van der Waals surface area (Å²) >= 11 is 0. The van der Waals surface area contributed by atoms with E-state index >= 15 is 0 Å². The molecule has 2 rings (SSSR count). The average molecular weight is 234 g/mol. The zero-order chi connectivity index (χ0) is 12.3. The fraction of sp³-hybridized carbons (Fsp3) is 0.462. The second kappa shape index (κ2) is 5.29. The van der Waals surface area contributed by atoms with Crippen LogP contribution in [0, 0.1) is 0 Å². The third kappa shape index (κ3) is 2.84. The Kier molecular flexibility index (Phi) is 3.76. The van der Waals surface area contributed by atoms with E-state index in [2.05, 4.69) is 11.4 Å². The topological polar surface area (TPSA) is 75.3 Å². The van der Waals surface area contributed by atoms with Crippen molar-refractivity contribution in [2.24, 2.45) is 5.73 Å². The van der Waals surface area contributed by atoms with E-state index in [4.69, 9.17) is 10.8 Å². The summed E-state index contributed by atoms with van der Waals surface area (Å²) in [6.45, 7) is 1.03. The monoisotopic (exact) mass is 234 g/mol. The minimum Gasteiger partial charge on any atom is -0.480 e. The van der Waals surface area contributed by atoms with Gasteiger partial charge in [0.15, 0.2) is 0 Å². The molecule has 92 valence electrons. The first kappa shape index (κ1) is 12.1. The zero-order valence-corrected chi connectivity index (χ0v) is 9.73. The van der Waals surface area contributed by atoms with Crippen LogP contribution in [0.1, 0.15) is 30.0 Å². The molecule has 1 aromatic rings. The molecule has 17 heavy (non-hydrogen) atoms. The summed E-state index contributed by atoms with van der Waals surface area (Å²) in [7, 11) is 0. The predicted octanol–water partition coefficient (Wildman–Crippen LogP) is 1.07. The third-order valence-electron chi connectivity index (χ3n) is 3.25. The minimum absolute atomic E-state index is 0.354. The van der Waals surface area contributed by atoms with Crippen LogP contribution in [0.3, 0.4) is 0 Å². The van der Waals surface area contributed by atoms with Crippen molar-refractivity contribution in [1.29, 1.82) is 0 Å². The molecule has 0 bridgehead atoms. The van der Waals surface area contributed by atoms with Gasteiger partial charge in [0.1, 0.15) is 6.04 Å². The number of carbonyl (C=O) groups is 1. The van der Waals surface area contributed by atoms with Gasteiger partial charge in [0.25, 0.3) is 0 Å². The predicted molar refractivity (Wildman–Crippen MR) is 65.7 cm³/mol. The third-order valence-corrected chi connectivity index (χ3v) is 3.25. The Labute approximate surface area is 101 Å². The Morgan fingerprint density at radius 3 is 2.94 bits per heavy atom. The molecule has 1 heterocycles. The van der Waals surface area contributed by atoms with Crippen molar-refractivity contribution in [2.75, 3.05) is 6.54 Å². The van der Waals surface area contributed by atoms with Gasteiger partial charge in [0, 0.05) is 6.04 Å². The van der Waals surface area contributed by atoms with Gasteiger partial charge in [0.2, 0.25) is 0 Å². The van der Waals surface area contributed by atoms with E-state index in [0.29, 0.717) is 12.5 Å². The largest absolute Gasteiger partial charge is 0.480 e. The van der Waals surface area contributed by atoms with Gasteiger partial charge in [-0.05, 0) is 36.9 Å². The van der Waals surface area contributed by atoms with Gasteiger partial charge in [-0.1, -0.05) is 24.3 Å². The Morgan fingerprint density at radius 2 is 2.29 bits per heavy atom. The Hall–Kier alpha value is -1.39. The molecule has 0 saturated carbocycles. The summed E-state index contributed by atoms with van der Waals surface area (Å²) in [5.41, 5.74) is 7.84. The second-order valence-corrected chi connectivity index (χ2v) is 4.50. The fourth-order valence-corrected chi connectivity index (χ4v) is 2.33. The van der Waals surface area contributed by atoms with E-state index in [9.17, 15) is 4.79 Å². The minimum atomic E-state index is -0.945. The highest BCUT2D eigenvalue weighted by atomic mass is 16.4. The van der Waals surface area contributed by atoms with Crippen molar-refractivity contribution in [1.82, 2.24) is 5.32 Å². The lowest BCUT2D eigenvalue weighted by Crippen LogP contribution is -2.33. The molecule has 4 N–H and O–H groups in total. The van der Waals surface area contributed by atoms with Crippen molar-refractivity contribution in [3.8, 4) is 0 Å². The quantitative estimate of drug-likeness (QED) is 0.728. The first-order valence-electron chi connectivity index (χ1n) is 5.98. The summed E-state index contributed by atoms with van der Waals surface area (Å²) in [5.74, 6) is -0.945. The molecule has 1 saturated heterocycles. The van der Waals surface area contributed by atoms with E-state index in [1.165, 1.54) is 12.0 Å². The van der Waals surface area contributed by atoms with E-state index in [1.807, 2.05) is 18.2 Å². The van der Waals surface area contributed by atoms with Crippen LogP contribution in [-0.2, 0) is 11.2 Å². The van der Waals surface area contributed by atoms with Gasteiger partial charge in [0.05, 0.1) is 0 Å². The Morgan fingerprint density at radius 1 is 1.53 bits per heavy atom. The lowest BCUT2D eigenvalue weighted by atomic mass is 9.95. The van der Waals surface area contributed by atoms with E-state index in [0.717, 1.165) is 18.5 Å². The number of hydrogen-bond acceptors (Lipinski definition) is 3. The van der Waals surface area contributed by atoms with Crippen LogP contribution in [-0.4, -0.2) is 23.7 Å². The summed E-state index contributed by atoms with van der Waals surface area (Å²) in [4.78, 5) is 10.8. The standard InChI is InChI=1S/C13H18N2O2/c14-11(13(16)17)8-9-4-1-2-5-10(9)12-6-3-7-15-12/h1-2,4-5,11-12,15H,3,6-8,14H2,(H,16,17). The number of benzene rings is 1. The van der Waals surface area contributed by atoms with E-state index < -0.39 is 12.0 Å². The maximum absolute atomic E-state index is 10.8. The molecule has 0 amide bonds. The maximum Gasteiger partial charge on any atom is 0.320 e. The van der Waals surface area contributed by atoms with Crippen LogP contribution in [0.2, 0.25) is 0 Å². The van der Waals surface area contributed by atoms with Crippen LogP contribution in [0.15, 0.2) is 24.3 Å². The molecule has 1 fully saturated rings. The Bertz CT molecular complexity index is 400. The number of carboxylic acids is 1. The number of nitrogens with one attached hydrogen (secondary N) is 1. The SMILES string of the molecule is NC(Cc1ccccc1C1CCCN1)C(=O)O. The van der Waals surface area contributed by atoms with Crippen molar-refractivity contribution < 1.29 is 9.90 Å². The molecular weight excluding hydrogens is 216 g/mol. The normalized spacial score (nSPS) is 21.4. The lowest BCUT2D eigenvalue weighted by molar-refractivity contribution is -0.138. The molecule has 1 aromatic carbocycles. The first-order chi connectivity index (χ1) is 8.18. The van der Waals surface area contributed by atoms with Gasteiger partial charge >= 0.3 is 5.97 Å². The summed E-state index contributed by atoms with van der Waals surface area (Å²) < 4.78 is 0. The summed E-state index contributed by atoms with van der Waals surface area (Å²) in [5, 5.41) is 12.3. The summed E-state index contributed by atoms with van der Waals surface area (Å²) in [6, 6.07) is 7.49. The second-order valence-electron chi connectivity index (χ2n) is 4.50. The maximum atomic E-state index is 10.8. The molecule has 0 aliphatic carbocycles. The van der Waals surface area contributed by atoms with Crippen LogP contribution in [0.4, 0.5) is 0 Å². The molecule has 2 atom stereocenters. The van der Waals surface area contributed by atoms with Gasteiger partial charge in [-0.3, -0.25) is 4.79 Å². The highest BCUT2D eigenvalue weighted by molar-refractivity contribution is 5.73. The van der Waals surface area contributed by atoms with Crippen molar-refractivity contribution in [2.45, 2.75) is 31.3 Å². The molecule has 0 spiro atoms. The van der Waals surface area contributed by atoms with Crippen molar-refractivity contribution in [3.63, 3.8) is 0 Å². The van der Waals surface area contributed by atoms with E-state index in [1.54, 1.807) is 0 Å². The molecule has 0 aromatic heterocycles. The van der Waals surface area contributed by atoms with Crippen LogP contribution in [0.25, 0.3) is 0 Å². The molecule has 4 nitrogen and oxygen atoms in total. The van der Waals surface area contributed by atoms with Gasteiger partial charge < -0.3 is 16.2 Å². The van der Waals surface area contributed by atoms with Gasteiger partial charge in [-0.25, -0.2) is 0 Å². The number of hydrogen-bond donors (Lipinski definition) is 3. The summed E-state index contributed by atoms with van der Waals surface area (Å²) in [6.07, 6.45) is 2.67. The average Bonchev–Trinajstić information content (AvgIpc) is 2.83.